The molecule has 0 bridgehead atoms. The summed E-state index contributed by atoms with van der Waals surface area (Å²) in [5.74, 6) is -0.140. The SMILES string of the molecule is CC1COC(CO)CN1CC(=O)Nc1ccc(Cl)c(Cl)c1. The molecular weight excluding hydrogens is 315 g/mol. The molecule has 116 valence electrons. The Bertz CT molecular complexity index is 513. The lowest BCUT2D eigenvalue weighted by atomic mass is 10.2. The molecular formula is C14H18Cl2N2O3. The number of hydrogen-bond acceptors (Lipinski definition) is 4. The fourth-order valence-electron chi connectivity index (χ4n) is 2.16. The zero-order valence-corrected chi connectivity index (χ0v) is 13.2. The average molecular weight is 333 g/mol. The number of morpholine rings is 1. The van der Waals surface area contributed by atoms with E-state index in [0.29, 0.717) is 28.9 Å². The second-order valence-electron chi connectivity index (χ2n) is 5.09. The number of halogens is 2. The number of anilines is 1. The fraction of sp³-hybridized carbons (Fsp3) is 0.500. The van der Waals surface area contributed by atoms with Gasteiger partial charge in [0.2, 0.25) is 5.91 Å². The molecule has 1 aliphatic heterocycles. The second-order valence-corrected chi connectivity index (χ2v) is 5.91. The van der Waals surface area contributed by atoms with Gasteiger partial charge in [-0.3, -0.25) is 9.69 Å². The molecule has 7 heteroatoms. The number of carbonyl (C=O) groups excluding carboxylic acids is 1. The van der Waals surface area contributed by atoms with Crippen molar-refractivity contribution in [1.82, 2.24) is 4.90 Å². The van der Waals surface area contributed by atoms with Gasteiger partial charge in [0.15, 0.2) is 0 Å². The normalized spacial score (nSPS) is 23.0. The molecule has 0 radical (unpaired) electrons. The molecule has 1 aromatic rings. The maximum Gasteiger partial charge on any atom is 0.238 e. The Kier molecular flexibility index (Phi) is 5.84. The van der Waals surface area contributed by atoms with E-state index in [9.17, 15) is 4.79 Å². The lowest BCUT2D eigenvalue weighted by molar-refractivity contribution is -0.122. The van der Waals surface area contributed by atoms with Gasteiger partial charge in [-0.05, 0) is 25.1 Å². The lowest BCUT2D eigenvalue weighted by Crippen LogP contribution is -2.51. The predicted octanol–water partition coefficient (Wildman–Crippen LogP) is 2.01. The van der Waals surface area contributed by atoms with E-state index >= 15 is 0 Å². The van der Waals surface area contributed by atoms with Gasteiger partial charge < -0.3 is 15.2 Å². The maximum atomic E-state index is 12.1. The molecule has 1 fully saturated rings. The van der Waals surface area contributed by atoms with Crippen LogP contribution in [0.5, 0.6) is 0 Å². The molecule has 5 nitrogen and oxygen atoms in total. The van der Waals surface area contributed by atoms with Gasteiger partial charge in [0.05, 0.1) is 35.9 Å². The summed E-state index contributed by atoms with van der Waals surface area (Å²) in [6.45, 7) is 3.22. The van der Waals surface area contributed by atoms with Crippen molar-refractivity contribution in [3.8, 4) is 0 Å². The number of nitrogens with one attached hydrogen (secondary N) is 1. The van der Waals surface area contributed by atoms with E-state index in [4.69, 9.17) is 33.0 Å². The summed E-state index contributed by atoms with van der Waals surface area (Å²) in [5.41, 5.74) is 0.606. The number of carbonyl (C=O) groups is 1. The van der Waals surface area contributed by atoms with Gasteiger partial charge in [0.1, 0.15) is 0 Å². The molecule has 2 N–H and O–H groups in total. The van der Waals surface area contributed by atoms with E-state index in [2.05, 4.69) is 5.32 Å². The van der Waals surface area contributed by atoms with Crippen molar-refractivity contribution < 1.29 is 14.6 Å². The van der Waals surface area contributed by atoms with E-state index in [1.54, 1.807) is 18.2 Å². The number of rotatable bonds is 4. The van der Waals surface area contributed by atoms with E-state index in [0.717, 1.165) is 0 Å². The number of nitrogens with zero attached hydrogens (tertiary/aromatic N) is 1. The van der Waals surface area contributed by atoms with Gasteiger partial charge in [0.25, 0.3) is 0 Å². The van der Waals surface area contributed by atoms with Gasteiger partial charge in [-0.1, -0.05) is 23.2 Å². The smallest absolute Gasteiger partial charge is 0.238 e. The maximum absolute atomic E-state index is 12.1. The monoisotopic (exact) mass is 332 g/mol. The third-order valence-corrected chi connectivity index (χ3v) is 4.13. The van der Waals surface area contributed by atoms with Gasteiger partial charge in [0, 0.05) is 18.3 Å². The summed E-state index contributed by atoms with van der Waals surface area (Å²) >= 11 is 11.7. The van der Waals surface area contributed by atoms with Crippen LogP contribution >= 0.6 is 23.2 Å². The minimum atomic E-state index is -0.237. The molecule has 0 aliphatic carbocycles. The minimum absolute atomic E-state index is 0.0440. The number of ether oxygens (including phenoxy) is 1. The molecule has 0 saturated carbocycles. The minimum Gasteiger partial charge on any atom is -0.394 e. The van der Waals surface area contributed by atoms with Crippen LogP contribution in [0.1, 0.15) is 6.92 Å². The summed E-state index contributed by atoms with van der Waals surface area (Å²) in [6, 6.07) is 5.08. The van der Waals surface area contributed by atoms with Gasteiger partial charge in [-0.25, -0.2) is 0 Å². The lowest BCUT2D eigenvalue weighted by Gasteiger charge is -2.36. The topological polar surface area (TPSA) is 61.8 Å². The van der Waals surface area contributed by atoms with Crippen LogP contribution in [-0.4, -0.2) is 54.4 Å². The summed E-state index contributed by atoms with van der Waals surface area (Å²) < 4.78 is 5.44. The molecule has 1 heterocycles. The van der Waals surface area contributed by atoms with Crippen LogP contribution in [0.3, 0.4) is 0 Å². The van der Waals surface area contributed by atoms with Crippen molar-refractivity contribution in [2.24, 2.45) is 0 Å². The molecule has 0 aromatic heterocycles. The van der Waals surface area contributed by atoms with Crippen LogP contribution < -0.4 is 5.32 Å². The highest BCUT2D eigenvalue weighted by Crippen LogP contribution is 2.25. The standard InChI is InChI=1S/C14H18Cl2N2O3/c1-9-8-21-11(7-19)5-18(9)6-14(20)17-10-2-3-12(15)13(16)4-10/h2-4,9,11,19H,5-8H2,1H3,(H,17,20). The molecule has 21 heavy (non-hydrogen) atoms. The van der Waals surface area contributed by atoms with Crippen LogP contribution in [0.2, 0.25) is 10.0 Å². The van der Waals surface area contributed by atoms with Crippen molar-refractivity contribution in [3.63, 3.8) is 0 Å². The number of benzene rings is 1. The highest BCUT2D eigenvalue weighted by atomic mass is 35.5. The summed E-state index contributed by atoms with van der Waals surface area (Å²) in [4.78, 5) is 14.1. The predicted molar refractivity (Wildman–Crippen MR) is 83.0 cm³/mol. The first-order valence-electron chi connectivity index (χ1n) is 6.71. The third kappa shape index (κ3) is 4.56. The molecule has 1 saturated heterocycles. The molecule has 2 unspecified atom stereocenters. The molecule has 1 aliphatic rings. The molecule has 1 amide bonds. The first kappa shape index (κ1) is 16.5. The van der Waals surface area contributed by atoms with E-state index < -0.39 is 0 Å². The Balaban J connectivity index is 1.92. The first-order valence-corrected chi connectivity index (χ1v) is 7.46. The van der Waals surface area contributed by atoms with Crippen molar-refractivity contribution in [1.29, 1.82) is 0 Å². The second kappa shape index (κ2) is 7.42. The van der Waals surface area contributed by atoms with E-state index in [1.165, 1.54) is 0 Å². The van der Waals surface area contributed by atoms with E-state index in [-0.39, 0.29) is 31.2 Å². The van der Waals surface area contributed by atoms with Crippen LogP contribution in [0.25, 0.3) is 0 Å². The Morgan fingerprint density at radius 3 is 2.90 bits per heavy atom. The van der Waals surface area contributed by atoms with Crippen LogP contribution in [0.4, 0.5) is 5.69 Å². The fourth-order valence-corrected chi connectivity index (χ4v) is 2.46. The molecule has 2 atom stereocenters. The van der Waals surface area contributed by atoms with E-state index in [1.807, 2.05) is 11.8 Å². The molecule has 0 spiro atoms. The molecule has 2 rings (SSSR count). The van der Waals surface area contributed by atoms with Crippen LogP contribution in [0, 0.1) is 0 Å². The summed E-state index contributed by atoms with van der Waals surface area (Å²) in [6.07, 6.45) is -0.237. The van der Waals surface area contributed by atoms with Crippen LogP contribution in [0.15, 0.2) is 18.2 Å². The highest BCUT2D eigenvalue weighted by Gasteiger charge is 2.27. The molecule has 1 aromatic carbocycles. The number of hydrogen-bond donors (Lipinski definition) is 2. The van der Waals surface area contributed by atoms with Crippen molar-refractivity contribution in [3.05, 3.63) is 28.2 Å². The zero-order valence-electron chi connectivity index (χ0n) is 11.7. The van der Waals surface area contributed by atoms with Crippen molar-refractivity contribution in [2.75, 3.05) is 31.6 Å². The first-order chi connectivity index (χ1) is 9.99. The third-order valence-electron chi connectivity index (χ3n) is 3.39. The van der Waals surface area contributed by atoms with Gasteiger partial charge in [-0.2, -0.15) is 0 Å². The van der Waals surface area contributed by atoms with Crippen LogP contribution in [-0.2, 0) is 9.53 Å². The number of aliphatic hydroxyl groups excluding tert-OH is 1. The Hall–Kier alpha value is -0.850. The zero-order chi connectivity index (χ0) is 15.4. The van der Waals surface area contributed by atoms with Gasteiger partial charge >= 0.3 is 0 Å². The Morgan fingerprint density at radius 2 is 2.24 bits per heavy atom. The Labute approximate surface area is 133 Å². The average Bonchev–Trinajstić information content (AvgIpc) is 2.45. The summed E-state index contributed by atoms with van der Waals surface area (Å²) in [5, 5.41) is 12.8. The quantitative estimate of drug-likeness (QED) is 0.885. The van der Waals surface area contributed by atoms with Crippen molar-refractivity contribution >= 4 is 34.8 Å². The number of amides is 1. The van der Waals surface area contributed by atoms with Crippen molar-refractivity contribution in [2.45, 2.75) is 19.1 Å². The Morgan fingerprint density at radius 1 is 1.48 bits per heavy atom. The summed E-state index contributed by atoms with van der Waals surface area (Å²) in [7, 11) is 0. The van der Waals surface area contributed by atoms with Gasteiger partial charge in [-0.15, -0.1) is 0 Å². The highest BCUT2D eigenvalue weighted by molar-refractivity contribution is 6.42. The largest absolute Gasteiger partial charge is 0.394 e. The number of aliphatic hydroxyl groups is 1.